The fourth-order valence-electron chi connectivity index (χ4n) is 3.97. The Morgan fingerprint density at radius 2 is 1.87 bits per heavy atom. The lowest BCUT2D eigenvalue weighted by Crippen LogP contribution is -2.51. The summed E-state index contributed by atoms with van der Waals surface area (Å²) in [5.41, 5.74) is 1.73. The van der Waals surface area contributed by atoms with Gasteiger partial charge in [0.05, 0.1) is 24.8 Å². The largest absolute Gasteiger partial charge is 0.494 e. The van der Waals surface area contributed by atoms with Crippen LogP contribution in [0.2, 0.25) is 0 Å². The molecule has 1 atom stereocenters. The molecule has 3 rings (SSSR count). The number of carbonyl (C=O) groups is 2. The van der Waals surface area contributed by atoms with E-state index in [4.69, 9.17) is 9.47 Å². The first-order valence-electron chi connectivity index (χ1n) is 10.8. The quantitative estimate of drug-likeness (QED) is 0.463. The van der Waals surface area contributed by atoms with Gasteiger partial charge in [0.2, 0.25) is 0 Å². The molecule has 8 nitrogen and oxygen atoms in total. The number of benzene rings is 1. The predicted molar refractivity (Wildman–Crippen MR) is 119 cm³/mol. The Morgan fingerprint density at radius 3 is 2.55 bits per heavy atom. The van der Waals surface area contributed by atoms with Gasteiger partial charge in [-0.2, -0.15) is 0 Å². The van der Waals surface area contributed by atoms with E-state index in [-0.39, 0.29) is 12.6 Å². The van der Waals surface area contributed by atoms with Crippen LogP contribution in [0, 0.1) is 0 Å². The summed E-state index contributed by atoms with van der Waals surface area (Å²) in [5, 5.41) is 5.74. The SMILES string of the molecule is C=CCN1CCN(CC2=C(C(=O)OCC)C(c3ccccc3OCC)NC(=O)N2)CC1. The van der Waals surface area contributed by atoms with Crippen LogP contribution < -0.4 is 15.4 Å². The molecule has 0 bridgehead atoms. The van der Waals surface area contributed by atoms with E-state index in [1.54, 1.807) is 6.92 Å². The molecule has 2 aliphatic heterocycles. The van der Waals surface area contributed by atoms with Gasteiger partial charge >= 0.3 is 12.0 Å². The summed E-state index contributed by atoms with van der Waals surface area (Å²) in [6, 6.07) is 6.46. The molecule has 0 spiro atoms. The molecule has 1 aromatic rings. The molecule has 1 unspecified atom stereocenters. The van der Waals surface area contributed by atoms with Gasteiger partial charge in [-0.3, -0.25) is 9.80 Å². The standard InChI is InChI=1S/C23H32N4O4/c1-4-11-26-12-14-27(15-13-26)16-18-20(22(28)31-6-3)21(25-23(29)24-18)17-9-7-8-10-19(17)30-5-2/h4,7-10,21H,1,5-6,11-16H2,2-3H3,(H2,24,25,29). The number of carbonyl (C=O) groups excluding carboxylic acids is 2. The summed E-state index contributed by atoms with van der Waals surface area (Å²) in [6.07, 6.45) is 1.91. The highest BCUT2D eigenvalue weighted by Gasteiger charge is 2.36. The molecule has 1 aromatic carbocycles. The van der Waals surface area contributed by atoms with Crippen LogP contribution >= 0.6 is 0 Å². The van der Waals surface area contributed by atoms with Crippen LogP contribution in [0.15, 0.2) is 48.2 Å². The maximum atomic E-state index is 13.0. The zero-order valence-corrected chi connectivity index (χ0v) is 18.4. The first kappa shape index (κ1) is 22.8. The second-order valence-electron chi connectivity index (χ2n) is 7.48. The molecule has 2 heterocycles. The lowest BCUT2D eigenvalue weighted by Gasteiger charge is -2.36. The van der Waals surface area contributed by atoms with Crippen LogP contribution in [0.25, 0.3) is 0 Å². The average molecular weight is 429 g/mol. The van der Waals surface area contributed by atoms with Crippen molar-refractivity contribution in [1.82, 2.24) is 20.4 Å². The number of ether oxygens (including phenoxy) is 2. The van der Waals surface area contributed by atoms with Gasteiger partial charge in [-0.15, -0.1) is 6.58 Å². The maximum Gasteiger partial charge on any atom is 0.338 e. The van der Waals surface area contributed by atoms with Crippen LogP contribution in [0.4, 0.5) is 4.79 Å². The van der Waals surface area contributed by atoms with Gasteiger partial charge in [-0.1, -0.05) is 24.3 Å². The van der Waals surface area contributed by atoms with Crippen molar-refractivity contribution >= 4 is 12.0 Å². The van der Waals surface area contributed by atoms with E-state index in [1.807, 2.05) is 37.3 Å². The Bertz CT molecular complexity index is 831. The van der Waals surface area contributed by atoms with Crippen molar-refractivity contribution in [3.05, 3.63) is 53.8 Å². The molecular formula is C23H32N4O4. The molecule has 0 aliphatic carbocycles. The van der Waals surface area contributed by atoms with Crippen LogP contribution in [0.5, 0.6) is 5.75 Å². The van der Waals surface area contributed by atoms with E-state index >= 15 is 0 Å². The summed E-state index contributed by atoms with van der Waals surface area (Å²) in [4.78, 5) is 30.1. The van der Waals surface area contributed by atoms with E-state index in [0.717, 1.165) is 38.3 Å². The molecular weight excluding hydrogens is 396 g/mol. The number of hydrogen-bond acceptors (Lipinski definition) is 6. The molecule has 1 saturated heterocycles. The smallest absolute Gasteiger partial charge is 0.338 e. The number of urea groups is 1. The third-order valence-corrected chi connectivity index (χ3v) is 5.41. The molecule has 2 amide bonds. The zero-order chi connectivity index (χ0) is 22.2. The molecule has 2 aliphatic rings. The molecule has 31 heavy (non-hydrogen) atoms. The summed E-state index contributed by atoms with van der Waals surface area (Å²) in [6.45, 7) is 13.1. The number of para-hydroxylation sites is 1. The fourth-order valence-corrected chi connectivity index (χ4v) is 3.97. The summed E-state index contributed by atoms with van der Waals surface area (Å²) < 4.78 is 11.1. The Hall–Kier alpha value is -2.84. The predicted octanol–water partition coefficient (Wildman–Crippen LogP) is 2.06. The first-order chi connectivity index (χ1) is 15.1. The minimum Gasteiger partial charge on any atom is -0.494 e. The third kappa shape index (κ3) is 5.65. The van der Waals surface area contributed by atoms with Crippen LogP contribution in [-0.4, -0.2) is 74.3 Å². The molecule has 2 N–H and O–H groups in total. The van der Waals surface area contributed by atoms with Crippen molar-refractivity contribution in [2.45, 2.75) is 19.9 Å². The number of hydrogen-bond donors (Lipinski definition) is 2. The molecule has 168 valence electrons. The van der Waals surface area contributed by atoms with Crippen molar-refractivity contribution in [1.29, 1.82) is 0 Å². The Labute approximate surface area is 183 Å². The van der Waals surface area contributed by atoms with Crippen LogP contribution in [0.3, 0.4) is 0 Å². The number of nitrogens with zero attached hydrogens (tertiary/aromatic N) is 2. The number of esters is 1. The normalized spacial score (nSPS) is 20.1. The van der Waals surface area contributed by atoms with Crippen molar-refractivity contribution in [3.63, 3.8) is 0 Å². The van der Waals surface area contributed by atoms with E-state index < -0.39 is 12.0 Å². The molecule has 1 fully saturated rings. The minimum atomic E-state index is -0.646. The summed E-state index contributed by atoms with van der Waals surface area (Å²) in [7, 11) is 0. The first-order valence-corrected chi connectivity index (χ1v) is 10.8. The zero-order valence-electron chi connectivity index (χ0n) is 18.4. The van der Waals surface area contributed by atoms with Crippen molar-refractivity contribution in [3.8, 4) is 5.75 Å². The van der Waals surface area contributed by atoms with Crippen molar-refractivity contribution in [2.24, 2.45) is 0 Å². The lowest BCUT2D eigenvalue weighted by atomic mass is 9.94. The number of piperazine rings is 1. The monoisotopic (exact) mass is 428 g/mol. The molecule has 8 heteroatoms. The molecule has 0 aromatic heterocycles. The van der Waals surface area contributed by atoms with Gasteiger partial charge in [0.15, 0.2) is 0 Å². The fraction of sp³-hybridized carbons (Fsp3) is 0.478. The Balaban J connectivity index is 1.92. The van der Waals surface area contributed by atoms with E-state index in [0.29, 0.717) is 30.2 Å². The van der Waals surface area contributed by atoms with Gasteiger partial charge < -0.3 is 20.1 Å². The second-order valence-corrected chi connectivity index (χ2v) is 7.48. The van der Waals surface area contributed by atoms with Crippen LogP contribution in [-0.2, 0) is 9.53 Å². The number of nitrogens with one attached hydrogen (secondary N) is 2. The van der Waals surface area contributed by atoms with Gasteiger partial charge in [0, 0.05) is 50.5 Å². The minimum absolute atomic E-state index is 0.254. The van der Waals surface area contributed by atoms with Gasteiger partial charge in [0.1, 0.15) is 5.75 Å². The summed E-state index contributed by atoms with van der Waals surface area (Å²) in [5.74, 6) is 0.197. The highest BCUT2D eigenvalue weighted by molar-refractivity contribution is 5.95. The molecule has 0 radical (unpaired) electrons. The topological polar surface area (TPSA) is 83.1 Å². The maximum absolute atomic E-state index is 13.0. The molecule has 0 saturated carbocycles. The number of amides is 2. The average Bonchev–Trinajstić information content (AvgIpc) is 2.76. The van der Waals surface area contributed by atoms with Gasteiger partial charge in [0.25, 0.3) is 0 Å². The van der Waals surface area contributed by atoms with Crippen molar-refractivity contribution in [2.75, 3.05) is 52.5 Å². The number of rotatable bonds is 9. The van der Waals surface area contributed by atoms with Gasteiger partial charge in [-0.25, -0.2) is 9.59 Å². The van der Waals surface area contributed by atoms with E-state index in [9.17, 15) is 9.59 Å². The van der Waals surface area contributed by atoms with Crippen LogP contribution in [0.1, 0.15) is 25.5 Å². The Kier molecular flexibility index (Phi) is 8.08. The summed E-state index contributed by atoms with van der Waals surface area (Å²) >= 11 is 0. The van der Waals surface area contributed by atoms with Crippen molar-refractivity contribution < 1.29 is 19.1 Å². The van der Waals surface area contributed by atoms with Gasteiger partial charge in [-0.05, 0) is 19.9 Å². The Morgan fingerprint density at radius 1 is 1.16 bits per heavy atom. The lowest BCUT2D eigenvalue weighted by molar-refractivity contribution is -0.139. The van der Waals surface area contributed by atoms with E-state index in [2.05, 4.69) is 27.0 Å². The highest BCUT2D eigenvalue weighted by atomic mass is 16.5. The second kappa shape index (κ2) is 11.0. The van der Waals surface area contributed by atoms with E-state index in [1.165, 1.54) is 0 Å². The highest BCUT2D eigenvalue weighted by Crippen LogP contribution is 2.34. The third-order valence-electron chi connectivity index (χ3n) is 5.41.